The van der Waals surface area contributed by atoms with E-state index in [0.29, 0.717) is 16.5 Å². The Hall–Kier alpha value is -3.28. The third kappa shape index (κ3) is 3.51. The van der Waals surface area contributed by atoms with Crippen LogP contribution in [-0.4, -0.2) is 27.9 Å². The molecule has 136 valence electrons. The number of ketones is 1. The van der Waals surface area contributed by atoms with Crippen LogP contribution in [0.2, 0.25) is 0 Å². The monoisotopic (exact) mass is 362 g/mol. The number of aryl methyl sites for hydroxylation is 2. The Labute approximate surface area is 155 Å². The van der Waals surface area contributed by atoms with Gasteiger partial charge >= 0.3 is 5.97 Å². The molecule has 2 aromatic carbocycles. The van der Waals surface area contributed by atoms with Gasteiger partial charge in [-0.25, -0.2) is 4.98 Å². The van der Waals surface area contributed by atoms with Crippen molar-refractivity contribution in [2.45, 2.75) is 25.8 Å². The number of hydrogen-bond donors (Lipinski definition) is 0. The summed E-state index contributed by atoms with van der Waals surface area (Å²) in [5.74, 6) is -0.897. The zero-order chi connectivity index (χ0) is 18.8. The van der Waals surface area contributed by atoms with Gasteiger partial charge in [-0.05, 0) is 48.6 Å². The summed E-state index contributed by atoms with van der Waals surface area (Å²) < 4.78 is 6.26. The number of hydrogen-bond acceptors (Lipinski definition) is 5. The van der Waals surface area contributed by atoms with E-state index in [9.17, 15) is 14.4 Å². The summed E-state index contributed by atoms with van der Waals surface area (Å²) in [6, 6.07) is 12.5. The van der Waals surface area contributed by atoms with E-state index in [0.717, 1.165) is 19.3 Å². The number of fused-ring (bicyclic) bond motifs is 2. The molecule has 1 heterocycles. The first-order valence-corrected chi connectivity index (χ1v) is 8.86. The molecule has 0 fully saturated rings. The maximum atomic E-state index is 12.4. The Morgan fingerprint density at radius 3 is 2.78 bits per heavy atom. The Morgan fingerprint density at radius 2 is 1.89 bits per heavy atom. The van der Waals surface area contributed by atoms with E-state index in [1.807, 2.05) is 12.1 Å². The Balaban J connectivity index is 1.40. The van der Waals surface area contributed by atoms with Crippen LogP contribution in [0.1, 0.15) is 27.9 Å². The van der Waals surface area contributed by atoms with E-state index in [-0.39, 0.29) is 24.5 Å². The van der Waals surface area contributed by atoms with E-state index in [1.54, 1.807) is 30.3 Å². The van der Waals surface area contributed by atoms with Crippen LogP contribution in [0.25, 0.3) is 10.9 Å². The quantitative estimate of drug-likeness (QED) is 0.514. The average molecular weight is 362 g/mol. The number of carbonyl (C=O) groups excluding carboxylic acids is 2. The van der Waals surface area contributed by atoms with Gasteiger partial charge in [0.1, 0.15) is 6.54 Å². The molecule has 4 rings (SSSR count). The highest BCUT2D eigenvalue weighted by Gasteiger charge is 2.16. The molecule has 1 aromatic heterocycles. The van der Waals surface area contributed by atoms with Crippen LogP contribution in [0.5, 0.6) is 0 Å². The van der Waals surface area contributed by atoms with Crippen molar-refractivity contribution >= 4 is 22.7 Å². The highest BCUT2D eigenvalue weighted by molar-refractivity contribution is 5.98. The minimum atomic E-state index is -0.649. The molecule has 0 aliphatic heterocycles. The fourth-order valence-corrected chi connectivity index (χ4v) is 3.38. The van der Waals surface area contributed by atoms with Crippen molar-refractivity contribution in [3.8, 4) is 0 Å². The third-order valence-electron chi connectivity index (χ3n) is 4.82. The summed E-state index contributed by atoms with van der Waals surface area (Å²) in [4.78, 5) is 40.9. The van der Waals surface area contributed by atoms with Gasteiger partial charge in [-0.2, -0.15) is 0 Å². The smallest absolute Gasteiger partial charge is 0.326 e. The minimum absolute atomic E-state index is 0.248. The fourth-order valence-electron chi connectivity index (χ4n) is 3.38. The first-order valence-electron chi connectivity index (χ1n) is 8.86. The molecule has 0 N–H and O–H groups in total. The summed E-state index contributed by atoms with van der Waals surface area (Å²) >= 11 is 0. The lowest BCUT2D eigenvalue weighted by Gasteiger charge is -2.08. The summed E-state index contributed by atoms with van der Waals surface area (Å²) in [6.07, 6.45) is 4.45. The number of rotatable bonds is 5. The maximum Gasteiger partial charge on any atom is 0.326 e. The van der Waals surface area contributed by atoms with Crippen molar-refractivity contribution in [3.63, 3.8) is 0 Å². The Morgan fingerprint density at radius 1 is 1.07 bits per heavy atom. The van der Waals surface area contributed by atoms with Crippen LogP contribution < -0.4 is 5.56 Å². The maximum absolute atomic E-state index is 12.4. The van der Waals surface area contributed by atoms with Crippen molar-refractivity contribution in [1.82, 2.24) is 9.55 Å². The molecule has 3 aromatic rings. The number of Topliss-reactive ketones (excluding diaryl/α,β-unsaturated/α-hetero) is 1. The Bertz CT molecular complexity index is 1100. The van der Waals surface area contributed by atoms with Gasteiger partial charge in [-0.1, -0.05) is 24.3 Å². The van der Waals surface area contributed by atoms with Gasteiger partial charge in [0.25, 0.3) is 5.56 Å². The molecule has 0 radical (unpaired) electrons. The number of carbonyl (C=O) groups is 2. The molecule has 6 heteroatoms. The van der Waals surface area contributed by atoms with E-state index in [1.165, 1.54) is 22.0 Å². The molecule has 0 unspecified atom stereocenters. The van der Waals surface area contributed by atoms with Crippen LogP contribution in [-0.2, 0) is 28.9 Å². The molecule has 0 saturated carbocycles. The number of aromatic nitrogens is 2. The number of nitrogens with zero attached hydrogens (tertiary/aromatic N) is 2. The zero-order valence-corrected chi connectivity index (χ0v) is 14.7. The molecular formula is C21H18N2O4. The third-order valence-corrected chi connectivity index (χ3v) is 4.82. The first-order chi connectivity index (χ1) is 13.1. The fraction of sp³-hybridized carbons (Fsp3) is 0.238. The molecule has 0 bridgehead atoms. The molecule has 0 atom stereocenters. The number of para-hydroxylation sites is 1. The summed E-state index contributed by atoms with van der Waals surface area (Å²) in [5.41, 5.74) is 3.28. The van der Waals surface area contributed by atoms with Crippen molar-refractivity contribution < 1.29 is 14.3 Å². The van der Waals surface area contributed by atoms with E-state index < -0.39 is 5.97 Å². The normalized spacial score (nSPS) is 12.7. The molecule has 0 saturated heterocycles. The second-order valence-electron chi connectivity index (χ2n) is 6.62. The highest BCUT2D eigenvalue weighted by atomic mass is 16.5. The number of benzene rings is 2. The van der Waals surface area contributed by atoms with E-state index in [2.05, 4.69) is 4.98 Å². The van der Waals surface area contributed by atoms with Gasteiger partial charge in [0, 0.05) is 5.56 Å². The summed E-state index contributed by atoms with van der Waals surface area (Å²) in [5, 5.41) is 0.432. The van der Waals surface area contributed by atoms with Crippen molar-refractivity contribution in [1.29, 1.82) is 0 Å². The first kappa shape index (κ1) is 17.1. The summed E-state index contributed by atoms with van der Waals surface area (Å²) in [7, 11) is 0. The second-order valence-corrected chi connectivity index (χ2v) is 6.62. The lowest BCUT2D eigenvalue weighted by molar-refractivity contribution is -0.143. The van der Waals surface area contributed by atoms with Crippen LogP contribution in [0, 0.1) is 0 Å². The Kier molecular flexibility index (Phi) is 4.54. The topological polar surface area (TPSA) is 78.3 Å². The summed E-state index contributed by atoms with van der Waals surface area (Å²) in [6.45, 7) is -0.623. The molecule has 1 aliphatic carbocycles. The molecule has 27 heavy (non-hydrogen) atoms. The van der Waals surface area contributed by atoms with Crippen LogP contribution >= 0.6 is 0 Å². The van der Waals surface area contributed by atoms with Crippen LogP contribution in [0.3, 0.4) is 0 Å². The van der Waals surface area contributed by atoms with Gasteiger partial charge in [-0.15, -0.1) is 0 Å². The lowest BCUT2D eigenvalue weighted by atomic mass is 10.0. The highest BCUT2D eigenvalue weighted by Crippen LogP contribution is 2.23. The number of esters is 1. The van der Waals surface area contributed by atoms with Gasteiger partial charge in [0.05, 0.1) is 17.2 Å². The van der Waals surface area contributed by atoms with Gasteiger partial charge < -0.3 is 4.74 Å². The largest absolute Gasteiger partial charge is 0.456 e. The van der Waals surface area contributed by atoms with Gasteiger partial charge in [0.2, 0.25) is 0 Å². The van der Waals surface area contributed by atoms with Gasteiger partial charge in [-0.3, -0.25) is 19.0 Å². The van der Waals surface area contributed by atoms with Crippen molar-refractivity contribution in [2.75, 3.05) is 6.61 Å². The van der Waals surface area contributed by atoms with Crippen molar-refractivity contribution in [3.05, 3.63) is 75.8 Å². The predicted octanol–water partition coefficient (Wildman–Crippen LogP) is 2.31. The van der Waals surface area contributed by atoms with Crippen LogP contribution in [0.4, 0.5) is 0 Å². The molecule has 0 spiro atoms. The van der Waals surface area contributed by atoms with E-state index >= 15 is 0 Å². The SMILES string of the molecule is O=C(Cn1cnc2ccccc2c1=O)OCC(=O)c1ccc2c(c1)CCC2. The molecule has 1 aliphatic rings. The molecule has 6 nitrogen and oxygen atoms in total. The average Bonchev–Trinajstić information content (AvgIpc) is 3.16. The minimum Gasteiger partial charge on any atom is -0.456 e. The second kappa shape index (κ2) is 7.15. The molecule has 0 amide bonds. The molecular weight excluding hydrogens is 344 g/mol. The zero-order valence-electron chi connectivity index (χ0n) is 14.7. The predicted molar refractivity (Wildman–Crippen MR) is 99.8 cm³/mol. The standard InChI is InChI=1S/C21H18N2O4/c24-19(16-9-8-14-4-3-5-15(14)10-16)12-27-20(25)11-23-13-22-18-7-2-1-6-17(18)21(23)26/h1-2,6-10,13H,3-5,11-12H2. The van der Waals surface area contributed by atoms with Gasteiger partial charge in [0.15, 0.2) is 12.4 Å². The number of ether oxygens (including phenoxy) is 1. The van der Waals surface area contributed by atoms with Crippen LogP contribution in [0.15, 0.2) is 53.6 Å². The lowest BCUT2D eigenvalue weighted by Crippen LogP contribution is -2.26. The van der Waals surface area contributed by atoms with Crippen molar-refractivity contribution in [2.24, 2.45) is 0 Å². The van der Waals surface area contributed by atoms with E-state index in [4.69, 9.17) is 4.74 Å².